The van der Waals surface area contributed by atoms with Crippen LogP contribution in [0.25, 0.3) is 0 Å². The monoisotopic (exact) mass is 225 g/mol. The fourth-order valence-electron chi connectivity index (χ4n) is 2.06. The first-order valence-corrected chi connectivity index (χ1v) is 5.58. The largest absolute Gasteiger partial charge is 0.374 e. The zero-order valence-electron chi connectivity index (χ0n) is 10.4. The highest BCUT2D eigenvalue weighted by Gasteiger charge is 2.30. The number of hydrogen-bond donors (Lipinski definition) is 1. The van der Waals surface area contributed by atoms with E-state index in [0.29, 0.717) is 6.61 Å². The minimum Gasteiger partial charge on any atom is -0.374 e. The van der Waals surface area contributed by atoms with Gasteiger partial charge in [-0.2, -0.15) is 0 Å². The standard InChI is InChI=1S/C13H20FNO/c1-5-16-13(2,3)12(15-4)10-7-6-8-11(14)9-10/h6-9,12,15H,5H2,1-4H3. The Balaban J connectivity index is 2.98. The average Bonchev–Trinajstić information content (AvgIpc) is 2.18. The van der Waals surface area contributed by atoms with Crippen LogP contribution in [0, 0.1) is 5.82 Å². The molecule has 0 aromatic heterocycles. The smallest absolute Gasteiger partial charge is 0.123 e. The molecular weight excluding hydrogens is 205 g/mol. The molecule has 3 heteroatoms. The van der Waals surface area contributed by atoms with E-state index < -0.39 is 0 Å². The summed E-state index contributed by atoms with van der Waals surface area (Å²) >= 11 is 0. The van der Waals surface area contributed by atoms with E-state index in [0.717, 1.165) is 5.56 Å². The van der Waals surface area contributed by atoms with E-state index in [9.17, 15) is 4.39 Å². The summed E-state index contributed by atoms with van der Waals surface area (Å²) < 4.78 is 18.9. The summed E-state index contributed by atoms with van der Waals surface area (Å²) in [7, 11) is 1.86. The van der Waals surface area contributed by atoms with E-state index in [1.54, 1.807) is 12.1 Å². The maximum Gasteiger partial charge on any atom is 0.123 e. The lowest BCUT2D eigenvalue weighted by Gasteiger charge is -2.34. The zero-order valence-corrected chi connectivity index (χ0v) is 10.4. The zero-order chi connectivity index (χ0) is 12.2. The first kappa shape index (κ1) is 13.1. The van der Waals surface area contributed by atoms with Gasteiger partial charge in [0.05, 0.1) is 11.6 Å². The van der Waals surface area contributed by atoms with Gasteiger partial charge in [-0.05, 0) is 45.5 Å². The molecule has 0 heterocycles. The minimum absolute atomic E-state index is 0.0249. The molecule has 0 saturated carbocycles. The van der Waals surface area contributed by atoms with E-state index in [1.807, 2.05) is 33.9 Å². The Labute approximate surface area is 96.8 Å². The maximum atomic E-state index is 13.2. The second-order valence-electron chi connectivity index (χ2n) is 4.31. The van der Waals surface area contributed by atoms with Gasteiger partial charge in [0.15, 0.2) is 0 Å². The molecule has 1 unspecified atom stereocenters. The maximum absolute atomic E-state index is 13.2. The van der Waals surface area contributed by atoms with Crippen LogP contribution in [0.1, 0.15) is 32.4 Å². The van der Waals surface area contributed by atoms with E-state index in [4.69, 9.17) is 4.74 Å². The number of ether oxygens (including phenoxy) is 1. The Morgan fingerprint density at radius 3 is 2.62 bits per heavy atom. The molecule has 0 aliphatic carbocycles. The number of nitrogens with one attached hydrogen (secondary N) is 1. The number of rotatable bonds is 5. The van der Waals surface area contributed by atoms with Crippen LogP contribution >= 0.6 is 0 Å². The lowest BCUT2D eigenvalue weighted by atomic mass is 9.91. The molecule has 1 N–H and O–H groups in total. The summed E-state index contributed by atoms with van der Waals surface area (Å²) in [6.07, 6.45) is 0. The molecule has 16 heavy (non-hydrogen) atoms. The molecule has 90 valence electrons. The third kappa shape index (κ3) is 3.03. The van der Waals surface area contributed by atoms with Gasteiger partial charge in [-0.15, -0.1) is 0 Å². The van der Waals surface area contributed by atoms with Crippen LogP contribution in [0.2, 0.25) is 0 Å². The van der Waals surface area contributed by atoms with Crippen LogP contribution in [-0.2, 0) is 4.74 Å². The number of benzene rings is 1. The van der Waals surface area contributed by atoms with Gasteiger partial charge in [0.1, 0.15) is 5.82 Å². The molecule has 1 atom stereocenters. The van der Waals surface area contributed by atoms with Crippen molar-refractivity contribution >= 4 is 0 Å². The third-order valence-electron chi connectivity index (χ3n) is 2.68. The van der Waals surface area contributed by atoms with Crippen LogP contribution < -0.4 is 5.32 Å². The fourth-order valence-corrected chi connectivity index (χ4v) is 2.06. The summed E-state index contributed by atoms with van der Waals surface area (Å²) in [5, 5.41) is 3.18. The Hall–Kier alpha value is -0.930. The molecular formula is C13H20FNO. The predicted molar refractivity (Wildman–Crippen MR) is 63.9 cm³/mol. The predicted octanol–water partition coefficient (Wildman–Crippen LogP) is 2.90. The Morgan fingerprint density at radius 2 is 2.12 bits per heavy atom. The normalized spacial score (nSPS) is 13.8. The Bertz CT molecular complexity index is 338. The minimum atomic E-state index is -0.364. The Kier molecular flexibility index (Phi) is 4.44. The highest BCUT2D eigenvalue weighted by atomic mass is 19.1. The van der Waals surface area contributed by atoms with Gasteiger partial charge in [-0.25, -0.2) is 4.39 Å². The summed E-state index contributed by atoms with van der Waals surface area (Å²) in [5.41, 5.74) is 0.540. The van der Waals surface area contributed by atoms with Gasteiger partial charge in [0, 0.05) is 6.61 Å². The van der Waals surface area contributed by atoms with Gasteiger partial charge in [0.2, 0.25) is 0 Å². The quantitative estimate of drug-likeness (QED) is 0.832. The van der Waals surface area contributed by atoms with Gasteiger partial charge < -0.3 is 10.1 Å². The number of hydrogen-bond acceptors (Lipinski definition) is 2. The van der Waals surface area contributed by atoms with Crippen molar-refractivity contribution in [3.63, 3.8) is 0 Å². The van der Waals surface area contributed by atoms with E-state index in [-0.39, 0.29) is 17.5 Å². The highest BCUT2D eigenvalue weighted by molar-refractivity contribution is 5.22. The number of halogens is 1. The molecule has 0 saturated heterocycles. The van der Waals surface area contributed by atoms with Crippen LogP contribution in [0.3, 0.4) is 0 Å². The van der Waals surface area contributed by atoms with Gasteiger partial charge in [-0.1, -0.05) is 12.1 Å². The molecule has 0 aliphatic heterocycles. The van der Waals surface area contributed by atoms with Crippen molar-refractivity contribution in [1.82, 2.24) is 5.32 Å². The molecule has 1 rings (SSSR count). The second kappa shape index (κ2) is 5.41. The van der Waals surface area contributed by atoms with Crippen molar-refractivity contribution in [3.05, 3.63) is 35.6 Å². The molecule has 0 spiro atoms. The summed E-state index contributed by atoms with van der Waals surface area (Å²) in [6.45, 7) is 6.60. The molecule has 2 nitrogen and oxygen atoms in total. The lowest BCUT2D eigenvalue weighted by Crippen LogP contribution is -2.40. The van der Waals surface area contributed by atoms with Gasteiger partial charge >= 0.3 is 0 Å². The van der Waals surface area contributed by atoms with Crippen LogP contribution in [0.15, 0.2) is 24.3 Å². The van der Waals surface area contributed by atoms with Crippen molar-refractivity contribution in [1.29, 1.82) is 0 Å². The van der Waals surface area contributed by atoms with Crippen molar-refractivity contribution in [2.24, 2.45) is 0 Å². The van der Waals surface area contributed by atoms with Crippen LogP contribution in [-0.4, -0.2) is 19.3 Å². The molecule has 0 bridgehead atoms. The first-order chi connectivity index (χ1) is 7.51. The summed E-state index contributed by atoms with van der Waals surface area (Å²) in [5.74, 6) is -0.218. The highest BCUT2D eigenvalue weighted by Crippen LogP contribution is 2.28. The molecule has 1 aromatic rings. The molecule has 1 aromatic carbocycles. The summed E-state index contributed by atoms with van der Waals surface area (Å²) in [6, 6.07) is 6.59. The molecule has 0 amide bonds. The second-order valence-corrected chi connectivity index (χ2v) is 4.31. The van der Waals surface area contributed by atoms with Crippen molar-refractivity contribution in [3.8, 4) is 0 Å². The van der Waals surface area contributed by atoms with Crippen molar-refractivity contribution in [2.75, 3.05) is 13.7 Å². The van der Waals surface area contributed by atoms with Crippen molar-refractivity contribution in [2.45, 2.75) is 32.4 Å². The van der Waals surface area contributed by atoms with Crippen LogP contribution in [0.4, 0.5) is 4.39 Å². The number of likely N-dealkylation sites (N-methyl/N-ethyl adjacent to an activating group) is 1. The Morgan fingerprint density at radius 1 is 1.44 bits per heavy atom. The van der Waals surface area contributed by atoms with Gasteiger partial charge in [-0.3, -0.25) is 0 Å². The summed E-state index contributed by atoms with van der Waals surface area (Å²) in [4.78, 5) is 0. The fraction of sp³-hybridized carbons (Fsp3) is 0.538. The topological polar surface area (TPSA) is 21.3 Å². The molecule has 0 fully saturated rings. The first-order valence-electron chi connectivity index (χ1n) is 5.58. The molecule has 0 aliphatic rings. The third-order valence-corrected chi connectivity index (χ3v) is 2.68. The molecule has 0 radical (unpaired) electrons. The lowest BCUT2D eigenvalue weighted by molar-refractivity contribution is -0.0375. The van der Waals surface area contributed by atoms with Gasteiger partial charge in [0.25, 0.3) is 0 Å². The van der Waals surface area contributed by atoms with Crippen LogP contribution in [0.5, 0.6) is 0 Å². The van der Waals surface area contributed by atoms with E-state index in [1.165, 1.54) is 6.07 Å². The SMILES string of the molecule is CCOC(C)(C)C(NC)c1cccc(F)c1. The van der Waals surface area contributed by atoms with E-state index in [2.05, 4.69) is 5.32 Å². The van der Waals surface area contributed by atoms with Crippen molar-refractivity contribution < 1.29 is 9.13 Å². The average molecular weight is 225 g/mol. The van der Waals surface area contributed by atoms with E-state index >= 15 is 0 Å².